The van der Waals surface area contributed by atoms with Crippen LogP contribution in [0.3, 0.4) is 0 Å². The van der Waals surface area contributed by atoms with Gasteiger partial charge in [0.15, 0.2) is 0 Å². The van der Waals surface area contributed by atoms with Crippen molar-refractivity contribution in [3.63, 3.8) is 0 Å². The van der Waals surface area contributed by atoms with Crippen LogP contribution in [0, 0.1) is 18.7 Å². The molecular weight excluding hydrogens is 464 g/mol. The molecule has 1 fully saturated rings. The molecule has 2 aromatic rings. The first kappa shape index (κ1) is 25.0. The molecule has 3 rings (SSSR count). The summed E-state index contributed by atoms with van der Waals surface area (Å²) in [6.07, 6.45) is -4.48. The standard InChI is InChI=1S/C22H24F4N2O4S/c1-3-32-20-7-5-17(12-14(20)2)33(30,31)28-10-8-15(9-11-28)21(29)27-16-4-6-19(23)18(13-16)22(24,25)26/h4-7,12-13,15H,3,8-11H2,1-2H3,(H,27,29). The maximum absolute atomic E-state index is 13.4. The van der Waals surface area contributed by atoms with Crippen LogP contribution in [0.25, 0.3) is 0 Å². The van der Waals surface area contributed by atoms with E-state index in [1.807, 2.05) is 6.92 Å². The van der Waals surface area contributed by atoms with E-state index in [4.69, 9.17) is 4.74 Å². The Morgan fingerprint density at radius 3 is 2.39 bits per heavy atom. The molecule has 1 N–H and O–H groups in total. The lowest BCUT2D eigenvalue weighted by Crippen LogP contribution is -2.41. The van der Waals surface area contributed by atoms with Crippen molar-refractivity contribution in [3.05, 3.63) is 53.3 Å². The van der Waals surface area contributed by atoms with Gasteiger partial charge >= 0.3 is 6.18 Å². The molecule has 0 unspecified atom stereocenters. The van der Waals surface area contributed by atoms with Crippen LogP contribution in [0.15, 0.2) is 41.3 Å². The molecule has 1 aliphatic rings. The molecule has 0 atom stereocenters. The lowest BCUT2D eigenvalue weighted by atomic mass is 9.97. The normalized spacial score (nSPS) is 15.9. The summed E-state index contributed by atoms with van der Waals surface area (Å²) in [6, 6.07) is 6.85. The van der Waals surface area contributed by atoms with Gasteiger partial charge in [0, 0.05) is 24.7 Å². The maximum atomic E-state index is 13.4. The van der Waals surface area contributed by atoms with E-state index in [0.29, 0.717) is 30.1 Å². The molecule has 1 heterocycles. The molecule has 1 aliphatic heterocycles. The Hall–Kier alpha value is -2.66. The van der Waals surface area contributed by atoms with E-state index in [1.54, 1.807) is 13.0 Å². The molecule has 33 heavy (non-hydrogen) atoms. The van der Waals surface area contributed by atoms with Gasteiger partial charge in [0.2, 0.25) is 15.9 Å². The van der Waals surface area contributed by atoms with E-state index in [9.17, 15) is 30.8 Å². The van der Waals surface area contributed by atoms with E-state index < -0.39 is 39.4 Å². The van der Waals surface area contributed by atoms with Crippen LogP contribution >= 0.6 is 0 Å². The molecule has 0 radical (unpaired) electrons. The average molecular weight is 489 g/mol. The van der Waals surface area contributed by atoms with Crippen molar-refractivity contribution in [2.45, 2.75) is 37.8 Å². The number of anilines is 1. The summed E-state index contributed by atoms with van der Waals surface area (Å²) >= 11 is 0. The second-order valence-corrected chi connectivity index (χ2v) is 9.66. The van der Waals surface area contributed by atoms with Gasteiger partial charge in [-0.2, -0.15) is 17.5 Å². The van der Waals surface area contributed by atoms with Crippen molar-refractivity contribution in [3.8, 4) is 5.75 Å². The number of amides is 1. The topological polar surface area (TPSA) is 75.7 Å². The van der Waals surface area contributed by atoms with E-state index >= 15 is 0 Å². The predicted octanol–water partition coefficient (Wildman–Crippen LogP) is 4.59. The highest BCUT2D eigenvalue weighted by Crippen LogP contribution is 2.33. The summed E-state index contributed by atoms with van der Waals surface area (Å²) in [5.41, 5.74) is -0.954. The molecule has 180 valence electrons. The Kier molecular flexibility index (Phi) is 7.32. The molecule has 0 saturated carbocycles. The summed E-state index contributed by atoms with van der Waals surface area (Å²) in [6.45, 7) is 4.21. The fourth-order valence-electron chi connectivity index (χ4n) is 3.67. The van der Waals surface area contributed by atoms with Gasteiger partial charge in [0.05, 0.1) is 17.1 Å². The zero-order valence-electron chi connectivity index (χ0n) is 18.1. The number of sulfonamides is 1. The van der Waals surface area contributed by atoms with Gasteiger partial charge in [-0.3, -0.25) is 4.79 Å². The van der Waals surface area contributed by atoms with Crippen molar-refractivity contribution in [2.75, 3.05) is 25.0 Å². The number of benzene rings is 2. The van der Waals surface area contributed by atoms with Gasteiger partial charge in [-0.05, 0) is 68.7 Å². The van der Waals surface area contributed by atoms with Crippen molar-refractivity contribution in [2.24, 2.45) is 5.92 Å². The van der Waals surface area contributed by atoms with Gasteiger partial charge < -0.3 is 10.1 Å². The number of aryl methyl sites for hydroxylation is 1. The van der Waals surface area contributed by atoms with E-state index in [-0.39, 0.29) is 36.5 Å². The number of hydrogen-bond donors (Lipinski definition) is 1. The second-order valence-electron chi connectivity index (χ2n) is 7.72. The van der Waals surface area contributed by atoms with Crippen LogP contribution in [-0.2, 0) is 21.0 Å². The fraction of sp³-hybridized carbons (Fsp3) is 0.409. The molecule has 1 amide bonds. The Balaban J connectivity index is 1.65. The van der Waals surface area contributed by atoms with E-state index in [2.05, 4.69) is 5.32 Å². The Labute approximate surface area is 189 Å². The molecular formula is C22H24F4N2O4S. The van der Waals surface area contributed by atoms with E-state index in [0.717, 1.165) is 6.07 Å². The molecule has 6 nitrogen and oxygen atoms in total. The smallest absolute Gasteiger partial charge is 0.419 e. The van der Waals surface area contributed by atoms with Crippen LogP contribution in [-0.4, -0.2) is 38.3 Å². The summed E-state index contributed by atoms with van der Waals surface area (Å²) in [5, 5.41) is 2.37. The highest BCUT2D eigenvalue weighted by Gasteiger charge is 2.35. The number of piperidine rings is 1. The SMILES string of the molecule is CCOc1ccc(S(=O)(=O)N2CCC(C(=O)Nc3ccc(F)c(C(F)(F)F)c3)CC2)cc1C. The van der Waals surface area contributed by atoms with Crippen molar-refractivity contribution in [1.82, 2.24) is 4.31 Å². The minimum atomic E-state index is -4.89. The van der Waals surface area contributed by atoms with Gasteiger partial charge in [-0.1, -0.05) is 0 Å². The zero-order valence-corrected chi connectivity index (χ0v) is 18.9. The number of rotatable bonds is 6. The number of carbonyl (C=O) groups excluding carboxylic acids is 1. The van der Waals surface area contributed by atoms with Crippen LogP contribution in [0.4, 0.5) is 23.2 Å². The average Bonchev–Trinajstić information content (AvgIpc) is 2.76. The summed E-state index contributed by atoms with van der Waals surface area (Å²) in [7, 11) is -3.77. The van der Waals surface area contributed by atoms with Gasteiger partial charge in [0.25, 0.3) is 0 Å². The zero-order chi connectivity index (χ0) is 24.4. The summed E-state index contributed by atoms with van der Waals surface area (Å²) < 4.78 is 84.8. The molecule has 11 heteroatoms. The predicted molar refractivity (Wildman–Crippen MR) is 114 cm³/mol. The Morgan fingerprint density at radius 2 is 1.82 bits per heavy atom. The maximum Gasteiger partial charge on any atom is 0.419 e. The molecule has 0 aromatic heterocycles. The number of nitrogens with zero attached hydrogens (tertiary/aromatic N) is 1. The molecule has 0 aliphatic carbocycles. The monoisotopic (exact) mass is 488 g/mol. The molecule has 1 saturated heterocycles. The number of ether oxygens (including phenoxy) is 1. The third kappa shape index (κ3) is 5.64. The largest absolute Gasteiger partial charge is 0.494 e. The first-order chi connectivity index (χ1) is 15.4. The van der Waals surface area contributed by atoms with Gasteiger partial charge in [-0.15, -0.1) is 0 Å². The number of carbonyl (C=O) groups is 1. The first-order valence-electron chi connectivity index (χ1n) is 10.3. The van der Waals surface area contributed by atoms with Gasteiger partial charge in [0.1, 0.15) is 11.6 Å². The molecule has 0 spiro atoms. The number of nitrogens with one attached hydrogen (secondary N) is 1. The number of hydrogen-bond acceptors (Lipinski definition) is 4. The molecule has 2 aromatic carbocycles. The number of halogens is 4. The van der Waals surface area contributed by atoms with Gasteiger partial charge in [-0.25, -0.2) is 12.8 Å². The lowest BCUT2D eigenvalue weighted by molar-refractivity contribution is -0.140. The van der Waals surface area contributed by atoms with Crippen molar-refractivity contribution >= 4 is 21.6 Å². The lowest BCUT2D eigenvalue weighted by Gasteiger charge is -2.30. The summed E-state index contributed by atoms with van der Waals surface area (Å²) in [4.78, 5) is 12.6. The highest BCUT2D eigenvalue weighted by molar-refractivity contribution is 7.89. The third-order valence-corrected chi connectivity index (χ3v) is 7.34. The first-order valence-corrected chi connectivity index (χ1v) is 11.8. The Morgan fingerprint density at radius 1 is 1.15 bits per heavy atom. The fourth-order valence-corrected chi connectivity index (χ4v) is 5.23. The second kappa shape index (κ2) is 9.68. The van der Waals surface area contributed by atoms with Crippen molar-refractivity contribution < 1.29 is 35.5 Å². The van der Waals surface area contributed by atoms with Crippen LogP contribution in [0.1, 0.15) is 30.9 Å². The van der Waals surface area contributed by atoms with E-state index in [1.165, 1.54) is 16.4 Å². The minimum absolute atomic E-state index is 0.0872. The number of alkyl halides is 3. The molecule has 0 bridgehead atoms. The van der Waals surface area contributed by atoms with Crippen LogP contribution in [0.5, 0.6) is 5.75 Å². The van der Waals surface area contributed by atoms with Crippen LogP contribution in [0.2, 0.25) is 0 Å². The Bertz CT molecular complexity index is 1130. The third-order valence-electron chi connectivity index (χ3n) is 5.45. The quantitative estimate of drug-likeness (QED) is 0.604. The van der Waals surface area contributed by atoms with Crippen molar-refractivity contribution in [1.29, 1.82) is 0 Å². The van der Waals surface area contributed by atoms with Crippen LogP contribution < -0.4 is 10.1 Å². The highest BCUT2D eigenvalue weighted by atomic mass is 32.2. The minimum Gasteiger partial charge on any atom is -0.494 e. The summed E-state index contributed by atoms with van der Waals surface area (Å²) in [5.74, 6) is -1.95.